The SMILES string of the molecule is O=C([O-])CC(O)(CC(=O)[O-])C(=O)[O-].O=C([O-])CC(O)(CC(=O)[O-])C(=O)[O-].[KH].[KH].[KH].[Mg+2].[Mg+2].[Mg+2]. The average Bonchev–Trinajstić information content (AvgIpc) is 2.34. The maximum atomic E-state index is 10.1. The maximum Gasteiger partial charge on any atom is 2.00 e. The molecule has 2 N–H and O–H groups in total. The fourth-order valence-electron chi connectivity index (χ4n) is 1.37. The minimum atomic E-state index is -2.97. The summed E-state index contributed by atoms with van der Waals surface area (Å²) >= 11 is 0. The molecule has 0 radical (unpaired) electrons. The minimum absolute atomic E-state index is 0. The molecular weight excluding hydrogens is 558 g/mol. The van der Waals surface area contributed by atoms with E-state index in [1.165, 1.54) is 0 Å². The molecule has 0 fully saturated rings. The molecule has 0 heterocycles. The zero-order chi connectivity index (χ0) is 21.3. The van der Waals surface area contributed by atoms with E-state index in [9.17, 15) is 59.4 Å². The van der Waals surface area contributed by atoms with Crippen LogP contribution in [0, 0.1) is 0 Å². The third kappa shape index (κ3) is 28.5. The Hall–Kier alpha value is 3.95. The Morgan fingerprint density at radius 3 is 0.656 bits per heavy atom. The van der Waals surface area contributed by atoms with Gasteiger partial charge in [0.05, 0.1) is 11.9 Å². The van der Waals surface area contributed by atoms with E-state index in [1.807, 2.05) is 0 Å². The topological polar surface area (TPSA) is 281 Å². The smallest absolute Gasteiger partial charge is 2.00 e. The molecule has 154 valence electrons. The second kappa shape index (κ2) is 28.0. The van der Waals surface area contributed by atoms with Crippen molar-refractivity contribution >= 4 is 259 Å². The van der Waals surface area contributed by atoms with Crippen LogP contribution in [-0.2, 0) is 28.8 Å². The Labute approximate surface area is 357 Å². The van der Waals surface area contributed by atoms with Gasteiger partial charge in [-0.1, -0.05) is 0 Å². The van der Waals surface area contributed by atoms with Gasteiger partial charge in [-0.3, -0.25) is 0 Å². The molecule has 0 bridgehead atoms. The normalized spacial score (nSPS) is 8.81. The van der Waals surface area contributed by atoms with Gasteiger partial charge in [-0.25, -0.2) is 0 Å². The molecule has 0 aliphatic carbocycles. The van der Waals surface area contributed by atoms with Gasteiger partial charge in [-0.2, -0.15) is 0 Å². The van der Waals surface area contributed by atoms with Crippen molar-refractivity contribution in [3.8, 4) is 0 Å². The number of carboxylic acids is 6. The summed E-state index contributed by atoms with van der Waals surface area (Å²) < 4.78 is 0. The third-order valence-electron chi connectivity index (χ3n) is 2.51. The van der Waals surface area contributed by atoms with Gasteiger partial charge >= 0.3 is 223 Å². The Morgan fingerprint density at radius 1 is 0.469 bits per heavy atom. The van der Waals surface area contributed by atoms with Crippen LogP contribution in [0.4, 0.5) is 0 Å². The van der Waals surface area contributed by atoms with E-state index in [0.29, 0.717) is 0 Å². The first-order valence-electron chi connectivity index (χ1n) is 6.23. The summed E-state index contributed by atoms with van der Waals surface area (Å²) in [7, 11) is 0. The first-order valence-corrected chi connectivity index (χ1v) is 6.23. The van der Waals surface area contributed by atoms with E-state index >= 15 is 0 Å². The molecule has 0 saturated heterocycles. The predicted octanol–water partition coefficient (Wildman–Crippen LogP) is -13.6. The van der Waals surface area contributed by atoms with Crippen molar-refractivity contribution in [2.24, 2.45) is 0 Å². The molecular formula is C12H13K3Mg3O14. The Kier molecular flexibility index (Phi) is 49.1. The van der Waals surface area contributed by atoms with Crippen molar-refractivity contribution in [2.75, 3.05) is 0 Å². The summed E-state index contributed by atoms with van der Waals surface area (Å²) in [4.78, 5) is 60.0. The second-order valence-electron chi connectivity index (χ2n) is 4.83. The molecule has 0 saturated carbocycles. The van der Waals surface area contributed by atoms with Gasteiger partial charge in [0, 0.05) is 49.6 Å². The van der Waals surface area contributed by atoms with Gasteiger partial charge in [-0.15, -0.1) is 0 Å². The average molecular weight is 571 g/mol. The number of rotatable bonds is 10. The maximum absolute atomic E-state index is 10.1. The molecule has 0 aliphatic rings. The fourth-order valence-corrected chi connectivity index (χ4v) is 1.37. The Bertz CT molecular complexity index is 535. The minimum Gasteiger partial charge on any atom is 2.00 e. The van der Waals surface area contributed by atoms with Crippen molar-refractivity contribution in [3.05, 3.63) is 0 Å². The zero-order valence-corrected chi connectivity index (χ0v) is 19.0. The van der Waals surface area contributed by atoms with Gasteiger partial charge in [0.25, 0.3) is 0 Å². The summed E-state index contributed by atoms with van der Waals surface area (Å²) in [5.41, 5.74) is -5.95. The Morgan fingerprint density at radius 2 is 0.594 bits per heavy atom. The number of hydrogen-bond donors (Lipinski definition) is 2. The van der Waals surface area contributed by atoms with Crippen molar-refractivity contribution < 1.29 is 69.6 Å². The van der Waals surface area contributed by atoms with Crippen LogP contribution in [0.15, 0.2) is 0 Å². The van der Waals surface area contributed by atoms with Crippen molar-refractivity contribution in [3.63, 3.8) is 0 Å². The first-order chi connectivity index (χ1) is 11.6. The summed E-state index contributed by atoms with van der Waals surface area (Å²) in [5, 5.41) is 77.9. The molecule has 0 amide bonds. The van der Waals surface area contributed by atoms with Gasteiger partial charge in [0.15, 0.2) is 0 Å². The summed E-state index contributed by atoms with van der Waals surface area (Å²) in [6, 6.07) is 0. The number of carboxylic acid groups (broad SMARTS) is 6. The van der Waals surface area contributed by atoms with E-state index in [0.717, 1.165) is 0 Å². The number of carbonyl (C=O) groups is 6. The van der Waals surface area contributed by atoms with Gasteiger partial charge < -0.3 is 69.6 Å². The van der Waals surface area contributed by atoms with Crippen LogP contribution in [-0.4, -0.2) is 281 Å². The molecule has 0 aliphatic heterocycles. The molecule has 0 spiro atoms. The molecule has 0 atom stereocenters. The molecule has 0 aromatic rings. The molecule has 0 aromatic heterocycles. The number of aliphatic hydroxyl groups is 2. The van der Waals surface area contributed by atoms with Crippen LogP contribution < -0.4 is 30.6 Å². The largest absolute Gasteiger partial charge is 2.00 e. The predicted molar refractivity (Wildman–Crippen MR) is 97.1 cm³/mol. The van der Waals surface area contributed by atoms with Gasteiger partial charge in [0.2, 0.25) is 0 Å². The monoisotopic (exact) mass is 570 g/mol. The molecule has 32 heavy (non-hydrogen) atoms. The van der Waals surface area contributed by atoms with Crippen molar-refractivity contribution in [1.82, 2.24) is 0 Å². The van der Waals surface area contributed by atoms with E-state index in [2.05, 4.69) is 0 Å². The van der Waals surface area contributed by atoms with E-state index in [-0.39, 0.29) is 223 Å². The molecule has 20 heteroatoms. The summed E-state index contributed by atoms with van der Waals surface area (Å²) in [5.74, 6) is -12.0. The van der Waals surface area contributed by atoms with Crippen molar-refractivity contribution in [2.45, 2.75) is 36.9 Å². The fraction of sp³-hybridized carbons (Fsp3) is 0.500. The van der Waals surface area contributed by atoms with Gasteiger partial charge in [-0.05, 0) is 0 Å². The van der Waals surface area contributed by atoms with E-state index in [1.54, 1.807) is 0 Å². The second-order valence-corrected chi connectivity index (χ2v) is 4.83. The van der Waals surface area contributed by atoms with Gasteiger partial charge in [0.1, 0.15) is 11.2 Å². The van der Waals surface area contributed by atoms with Crippen LogP contribution in [0.3, 0.4) is 0 Å². The zero-order valence-electron chi connectivity index (χ0n) is 14.7. The van der Waals surface area contributed by atoms with Crippen LogP contribution in [0.5, 0.6) is 0 Å². The van der Waals surface area contributed by atoms with Crippen LogP contribution in [0.25, 0.3) is 0 Å². The Balaban J connectivity index is -0.0000000505. The number of carbonyl (C=O) groups excluding carboxylic acids is 6. The summed E-state index contributed by atoms with van der Waals surface area (Å²) in [6.07, 6.45) is -5.43. The molecule has 0 aromatic carbocycles. The molecule has 0 unspecified atom stereocenters. The molecule has 0 rings (SSSR count). The van der Waals surface area contributed by atoms with E-state index in [4.69, 9.17) is 10.2 Å². The van der Waals surface area contributed by atoms with E-state index < -0.39 is 72.7 Å². The standard InChI is InChI=1S/2C6H8O7.3K.3Mg.3H/c2*7-3(8)1-6(13,5(11)12)2-4(9)10;;;;;;;;;/h2*13H,1-2H2,(H,7,8)(H,9,10)(H,11,12);;;;;;;;;/q;;;;;3*+2;;;/p-6. The van der Waals surface area contributed by atoms with Crippen LogP contribution in [0.1, 0.15) is 25.7 Å². The third-order valence-corrected chi connectivity index (χ3v) is 2.51. The first kappa shape index (κ1) is 56.2. The summed E-state index contributed by atoms with van der Waals surface area (Å²) in [6.45, 7) is 0. The molecule has 14 nitrogen and oxygen atoms in total. The van der Waals surface area contributed by atoms with Crippen LogP contribution >= 0.6 is 0 Å². The quantitative estimate of drug-likeness (QED) is 0.230. The van der Waals surface area contributed by atoms with Crippen molar-refractivity contribution in [1.29, 1.82) is 0 Å². The number of hydrogen-bond acceptors (Lipinski definition) is 14. The number of aliphatic carboxylic acids is 6. The van der Waals surface area contributed by atoms with Crippen LogP contribution in [0.2, 0.25) is 0 Å².